The quantitative estimate of drug-likeness (QED) is 0.672. The third-order valence-electron chi connectivity index (χ3n) is 1.07. The molecule has 1 aromatic heterocycles. The molecule has 1 heterocycles. The molecule has 0 amide bonds. The highest BCUT2D eigenvalue weighted by Crippen LogP contribution is 2.24. The van der Waals surface area contributed by atoms with Crippen molar-refractivity contribution in [3.8, 4) is 5.75 Å². The lowest BCUT2D eigenvalue weighted by molar-refractivity contribution is 0.146. The van der Waals surface area contributed by atoms with Gasteiger partial charge in [0, 0.05) is 0 Å². The maximum absolute atomic E-state index is 11.9. The van der Waals surface area contributed by atoms with Crippen LogP contribution in [0, 0.1) is 0 Å². The number of rotatable bonds is 1. The highest BCUT2D eigenvalue weighted by molar-refractivity contribution is 6.30. The third-order valence-corrected chi connectivity index (χ3v) is 1.35. The number of nitrogens with zero attached hydrogens (tertiary/aromatic N) is 1. The maximum atomic E-state index is 11.9. The molecular formula is C6H4ClF2NO. The lowest BCUT2D eigenvalue weighted by Crippen LogP contribution is -1.89. The Morgan fingerprint density at radius 3 is 2.55 bits per heavy atom. The van der Waals surface area contributed by atoms with Gasteiger partial charge in [0.2, 0.25) is 0 Å². The molecule has 11 heavy (non-hydrogen) atoms. The molecule has 0 saturated carbocycles. The minimum Gasteiger partial charge on any atom is -0.505 e. The first-order valence-corrected chi connectivity index (χ1v) is 3.12. The van der Waals surface area contributed by atoms with Gasteiger partial charge in [0.25, 0.3) is 6.43 Å². The van der Waals surface area contributed by atoms with Crippen molar-refractivity contribution in [2.24, 2.45) is 0 Å². The Morgan fingerprint density at radius 2 is 2.09 bits per heavy atom. The van der Waals surface area contributed by atoms with E-state index in [1.54, 1.807) is 0 Å². The number of hydrogen-bond acceptors (Lipinski definition) is 2. The standard InChI is InChI=1S/C6H4ClF2NO/c7-5-4(11)2-1-3(10-5)6(8)9/h1-2,6,11H. The molecule has 0 aliphatic rings. The van der Waals surface area contributed by atoms with Gasteiger partial charge in [0.1, 0.15) is 5.69 Å². The molecule has 0 spiro atoms. The number of alkyl halides is 2. The van der Waals surface area contributed by atoms with Gasteiger partial charge in [-0.15, -0.1) is 0 Å². The Hall–Kier alpha value is -0.900. The van der Waals surface area contributed by atoms with Crippen molar-refractivity contribution < 1.29 is 13.9 Å². The van der Waals surface area contributed by atoms with E-state index in [1.807, 2.05) is 0 Å². The zero-order valence-corrected chi connectivity index (χ0v) is 6.02. The van der Waals surface area contributed by atoms with Crippen molar-refractivity contribution in [2.75, 3.05) is 0 Å². The molecule has 5 heteroatoms. The van der Waals surface area contributed by atoms with Gasteiger partial charge in [-0.05, 0) is 12.1 Å². The molecule has 0 bridgehead atoms. The topological polar surface area (TPSA) is 33.1 Å². The van der Waals surface area contributed by atoms with Gasteiger partial charge in [-0.2, -0.15) is 0 Å². The zero-order chi connectivity index (χ0) is 8.43. The van der Waals surface area contributed by atoms with Crippen molar-refractivity contribution in [3.63, 3.8) is 0 Å². The van der Waals surface area contributed by atoms with E-state index in [0.29, 0.717) is 0 Å². The maximum Gasteiger partial charge on any atom is 0.280 e. The summed E-state index contributed by atoms with van der Waals surface area (Å²) in [5.41, 5.74) is -0.437. The van der Waals surface area contributed by atoms with E-state index in [9.17, 15) is 8.78 Å². The van der Waals surface area contributed by atoms with Crippen LogP contribution in [0.2, 0.25) is 5.15 Å². The first kappa shape index (κ1) is 8.20. The Balaban J connectivity index is 3.05. The Bertz CT molecular complexity index is 267. The highest BCUT2D eigenvalue weighted by atomic mass is 35.5. The van der Waals surface area contributed by atoms with Crippen molar-refractivity contribution >= 4 is 11.6 Å². The molecule has 0 unspecified atom stereocenters. The van der Waals surface area contributed by atoms with Crippen LogP contribution in [0.1, 0.15) is 12.1 Å². The lowest BCUT2D eigenvalue weighted by Gasteiger charge is -1.99. The molecule has 0 fully saturated rings. The summed E-state index contributed by atoms with van der Waals surface area (Å²) in [6.07, 6.45) is -2.66. The van der Waals surface area contributed by atoms with Crippen LogP contribution >= 0.6 is 11.6 Å². The van der Waals surface area contributed by atoms with E-state index >= 15 is 0 Å². The van der Waals surface area contributed by atoms with E-state index in [4.69, 9.17) is 16.7 Å². The second-order valence-corrected chi connectivity index (χ2v) is 2.20. The van der Waals surface area contributed by atoms with Crippen LogP contribution in [0.25, 0.3) is 0 Å². The van der Waals surface area contributed by atoms with Gasteiger partial charge in [0.05, 0.1) is 0 Å². The highest BCUT2D eigenvalue weighted by Gasteiger charge is 2.10. The third kappa shape index (κ3) is 1.77. The van der Waals surface area contributed by atoms with Crippen LogP contribution in [0.4, 0.5) is 8.78 Å². The second kappa shape index (κ2) is 3.00. The molecule has 2 nitrogen and oxygen atoms in total. The summed E-state index contributed by atoms with van der Waals surface area (Å²) in [4.78, 5) is 3.24. The summed E-state index contributed by atoms with van der Waals surface area (Å²) in [5, 5.41) is 8.48. The number of aromatic hydroxyl groups is 1. The first-order chi connectivity index (χ1) is 5.11. The number of aromatic nitrogens is 1. The van der Waals surface area contributed by atoms with Gasteiger partial charge in [-0.3, -0.25) is 0 Å². The molecule has 0 aromatic carbocycles. The molecule has 0 saturated heterocycles. The molecule has 0 atom stereocenters. The van der Waals surface area contributed by atoms with E-state index in [2.05, 4.69) is 4.98 Å². The summed E-state index contributed by atoms with van der Waals surface area (Å²) in [6, 6.07) is 2.10. The molecular weight excluding hydrogens is 176 g/mol. The summed E-state index contributed by atoms with van der Waals surface area (Å²) < 4.78 is 23.8. The largest absolute Gasteiger partial charge is 0.505 e. The van der Waals surface area contributed by atoms with Gasteiger partial charge in [-0.1, -0.05) is 11.6 Å². The summed E-state index contributed by atoms with van der Waals surface area (Å²) >= 11 is 5.26. The van der Waals surface area contributed by atoms with E-state index in [0.717, 1.165) is 12.1 Å². The molecule has 1 aromatic rings. The van der Waals surface area contributed by atoms with Gasteiger partial charge < -0.3 is 5.11 Å². The van der Waals surface area contributed by atoms with Crippen LogP contribution in [0.5, 0.6) is 5.75 Å². The normalized spacial score (nSPS) is 10.5. The summed E-state index contributed by atoms with van der Waals surface area (Å²) in [6.45, 7) is 0. The van der Waals surface area contributed by atoms with Crippen molar-refractivity contribution in [2.45, 2.75) is 6.43 Å². The fourth-order valence-electron chi connectivity index (χ4n) is 0.563. The number of hydrogen-bond donors (Lipinski definition) is 1. The zero-order valence-electron chi connectivity index (χ0n) is 5.26. The Morgan fingerprint density at radius 1 is 1.45 bits per heavy atom. The van der Waals surface area contributed by atoms with Crippen LogP contribution in [0.3, 0.4) is 0 Å². The van der Waals surface area contributed by atoms with Crippen molar-refractivity contribution in [1.29, 1.82) is 0 Å². The smallest absolute Gasteiger partial charge is 0.280 e. The molecule has 1 rings (SSSR count). The van der Waals surface area contributed by atoms with Crippen molar-refractivity contribution in [1.82, 2.24) is 4.98 Å². The van der Waals surface area contributed by atoms with Gasteiger partial charge >= 0.3 is 0 Å². The minimum absolute atomic E-state index is 0.295. The minimum atomic E-state index is -2.66. The van der Waals surface area contributed by atoms with E-state index in [1.165, 1.54) is 0 Å². The SMILES string of the molecule is Oc1ccc(C(F)F)nc1Cl. The van der Waals surface area contributed by atoms with Gasteiger partial charge in [-0.25, -0.2) is 13.8 Å². The van der Waals surface area contributed by atoms with Crippen LogP contribution < -0.4 is 0 Å². The molecule has 0 radical (unpaired) electrons. The first-order valence-electron chi connectivity index (χ1n) is 2.75. The Kier molecular flexibility index (Phi) is 2.24. The van der Waals surface area contributed by atoms with Crippen molar-refractivity contribution in [3.05, 3.63) is 23.0 Å². The number of halogens is 3. The fraction of sp³-hybridized carbons (Fsp3) is 0.167. The lowest BCUT2D eigenvalue weighted by atomic mass is 10.3. The monoisotopic (exact) mass is 179 g/mol. The van der Waals surface area contributed by atoms with E-state index < -0.39 is 12.1 Å². The van der Waals surface area contributed by atoms with Crippen LogP contribution in [-0.4, -0.2) is 10.1 Å². The van der Waals surface area contributed by atoms with Gasteiger partial charge in [0.15, 0.2) is 10.9 Å². The summed E-state index contributed by atoms with van der Waals surface area (Å²) in [7, 11) is 0. The Labute approximate surface area is 66.4 Å². The number of pyridine rings is 1. The molecule has 1 N–H and O–H groups in total. The predicted molar refractivity (Wildman–Crippen MR) is 35.9 cm³/mol. The van der Waals surface area contributed by atoms with Crippen LogP contribution in [0.15, 0.2) is 12.1 Å². The summed E-state index contributed by atoms with van der Waals surface area (Å²) in [5.74, 6) is -0.295. The predicted octanol–water partition coefficient (Wildman–Crippen LogP) is 2.38. The molecule has 0 aliphatic carbocycles. The van der Waals surface area contributed by atoms with E-state index in [-0.39, 0.29) is 10.9 Å². The average molecular weight is 180 g/mol. The van der Waals surface area contributed by atoms with Crippen LogP contribution in [-0.2, 0) is 0 Å². The molecule has 0 aliphatic heterocycles. The second-order valence-electron chi connectivity index (χ2n) is 1.85. The average Bonchev–Trinajstić information content (AvgIpc) is 1.94. The molecule has 60 valence electrons. The fourth-order valence-corrected chi connectivity index (χ4v) is 0.723.